The monoisotopic (exact) mass is 568 g/mol. The van der Waals surface area contributed by atoms with Crippen molar-refractivity contribution in [3.8, 4) is 17.0 Å². The molecule has 1 aliphatic rings. The summed E-state index contributed by atoms with van der Waals surface area (Å²) < 4.78 is 6.68. The molecule has 5 nitrogen and oxygen atoms in total. The van der Waals surface area contributed by atoms with Crippen molar-refractivity contribution in [2.45, 2.75) is 12.5 Å². The van der Waals surface area contributed by atoms with Gasteiger partial charge in [-0.25, -0.2) is 15.0 Å². The first-order chi connectivity index (χ1) is 18.1. The lowest BCUT2D eigenvalue weighted by atomic mass is 9.98. The van der Waals surface area contributed by atoms with Gasteiger partial charge in [-0.1, -0.05) is 82.1 Å². The summed E-state index contributed by atoms with van der Waals surface area (Å²) in [6, 6.07) is 32.0. The maximum Gasteiger partial charge on any atom is 0.247 e. The van der Waals surface area contributed by atoms with Crippen molar-refractivity contribution in [2.24, 2.45) is 5.10 Å². The van der Waals surface area contributed by atoms with Crippen molar-refractivity contribution in [2.75, 3.05) is 12.1 Å². The molecule has 0 bridgehead atoms. The van der Waals surface area contributed by atoms with E-state index in [1.54, 1.807) is 7.11 Å². The van der Waals surface area contributed by atoms with Gasteiger partial charge in [0.05, 0.1) is 30.1 Å². The van der Waals surface area contributed by atoms with Crippen LogP contribution in [0.3, 0.4) is 0 Å². The van der Waals surface area contributed by atoms with Crippen LogP contribution in [0, 0.1) is 0 Å². The average molecular weight is 570 g/mol. The molecule has 0 N–H and O–H groups in total. The Morgan fingerprint density at radius 1 is 0.892 bits per heavy atom. The molecule has 0 fully saturated rings. The Labute approximate surface area is 228 Å². The van der Waals surface area contributed by atoms with E-state index in [0.29, 0.717) is 17.4 Å². The van der Waals surface area contributed by atoms with E-state index >= 15 is 0 Å². The van der Waals surface area contributed by atoms with Crippen LogP contribution in [0.1, 0.15) is 23.6 Å². The molecule has 37 heavy (non-hydrogen) atoms. The summed E-state index contributed by atoms with van der Waals surface area (Å²) in [6.07, 6.45) is 0.685. The summed E-state index contributed by atoms with van der Waals surface area (Å²) in [5, 5.41) is 8.56. The smallest absolute Gasteiger partial charge is 0.247 e. The predicted molar refractivity (Wildman–Crippen MR) is 153 cm³/mol. The fourth-order valence-electron chi connectivity index (χ4n) is 4.69. The summed E-state index contributed by atoms with van der Waals surface area (Å²) in [7, 11) is 1.68. The molecule has 0 saturated heterocycles. The zero-order valence-corrected chi connectivity index (χ0v) is 22.3. The van der Waals surface area contributed by atoms with Crippen molar-refractivity contribution in [1.82, 2.24) is 9.97 Å². The highest BCUT2D eigenvalue weighted by molar-refractivity contribution is 9.10. The van der Waals surface area contributed by atoms with Gasteiger partial charge in [0.15, 0.2) is 0 Å². The van der Waals surface area contributed by atoms with E-state index in [1.807, 2.05) is 89.9 Å². The molecular weight excluding hydrogens is 548 g/mol. The zero-order valence-electron chi connectivity index (χ0n) is 20.0. The number of hydrogen-bond acceptors (Lipinski definition) is 5. The van der Waals surface area contributed by atoms with E-state index in [9.17, 15) is 0 Å². The Kier molecular flexibility index (Phi) is 6.37. The highest BCUT2D eigenvalue weighted by Crippen LogP contribution is 2.39. The first-order valence-corrected chi connectivity index (χ1v) is 13.1. The third-order valence-electron chi connectivity index (χ3n) is 6.48. The van der Waals surface area contributed by atoms with Crippen LogP contribution in [0.4, 0.5) is 5.95 Å². The molecule has 182 valence electrons. The molecule has 5 aromatic rings. The second-order valence-electron chi connectivity index (χ2n) is 8.76. The fraction of sp³-hybridized carbons (Fsp3) is 0.100. The van der Waals surface area contributed by atoms with Gasteiger partial charge >= 0.3 is 0 Å². The van der Waals surface area contributed by atoms with Gasteiger partial charge < -0.3 is 4.74 Å². The van der Waals surface area contributed by atoms with Crippen LogP contribution in [-0.2, 0) is 0 Å². The molecule has 0 unspecified atom stereocenters. The Morgan fingerprint density at radius 2 is 1.65 bits per heavy atom. The Balaban J connectivity index is 1.55. The number of benzene rings is 4. The first-order valence-electron chi connectivity index (χ1n) is 11.9. The first kappa shape index (κ1) is 23.6. The summed E-state index contributed by atoms with van der Waals surface area (Å²) in [5.41, 5.74) is 5.63. The molecular formula is C30H22BrClN4O. The van der Waals surface area contributed by atoms with Gasteiger partial charge in [-0.3, -0.25) is 0 Å². The van der Waals surface area contributed by atoms with Crippen molar-refractivity contribution in [3.63, 3.8) is 0 Å². The number of nitrogens with zero attached hydrogens (tertiary/aromatic N) is 4. The number of rotatable bonds is 5. The number of para-hydroxylation sites is 1. The highest BCUT2D eigenvalue weighted by atomic mass is 79.9. The van der Waals surface area contributed by atoms with E-state index in [4.69, 9.17) is 31.4 Å². The minimum absolute atomic E-state index is 0.0821. The number of hydrazone groups is 1. The highest BCUT2D eigenvalue weighted by Gasteiger charge is 2.33. The molecule has 0 amide bonds. The minimum atomic E-state index is -0.0821. The van der Waals surface area contributed by atoms with Crippen LogP contribution in [0.2, 0.25) is 5.02 Å². The number of ether oxygens (including phenoxy) is 1. The molecule has 0 saturated carbocycles. The van der Waals surface area contributed by atoms with Crippen LogP contribution >= 0.6 is 27.5 Å². The lowest BCUT2D eigenvalue weighted by Crippen LogP contribution is -2.21. The van der Waals surface area contributed by atoms with Crippen molar-refractivity contribution < 1.29 is 4.74 Å². The van der Waals surface area contributed by atoms with Gasteiger partial charge in [0.25, 0.3) is 0 Å². The van der Waals surface area contributed by atoms with Gasteiger partial charge in [-0.2, -0.15) is 5.10 Å². The molecule has 0 spiro atoms. The van der Waals surface area contributed by atoms with E-state index in [1.165, 1.54) is 0 Å². The maximum atomic E-state index is 6.37. The number of anilines is 1. The van der Waals surface area contributed by atoms with E-state index in [-0.39, 0.29) is 6.04 Å². The molecule has 1 aromatic heterocycles. The molecule has 0 radical (unpaired) electrons. The van der Waals surface area contributed by atoms with Crippen LogP contribution in [0.25, 0.3) is 22.2 Å². The number of hydrogen-bond donors (Lipinski definition) is 0. The van der Waals surface area contributed by atoms with Crippen LogP contribution < -0.4 is 9.75 Å². The Bertz CT molecular complexity index is 1620. The van der Waals surface area contributed by atoms with E-state index in [0.717, 1.165) is 49.2 Å². The number of fused-ring (bicyclic) bond motifs is 1. The molecule has 4 aromatic carbocycles. The molecule has 1 aliphatic heterocycles. The van der Waals surface area contributed by atoms with Crippen LogP contribution in [0.15, 0.2) is 107 Å². The summed E-state index contributed by atoms with van der Waals surface area (Å²) in [4.78, 5) is 10.0. The number of halogens is 2. The van der Waals surface area contributed by atoms with E-state index in [2.05, 4.69) is 28.1 Å². The second-order valence-corrected chi connectivity index (χ2v) is 10.1. The van der Waals surface area contributed by atoms with E-state index < -0.39 is 0 Å². The summed E-state index contributed by atoms with van der Waals surface area (Å²) in [6.45, 7) is 0. The Morgan fingerprint density at radius 3 is 2.43 bits per heavy atom. The molecule has 6 rings (SSSR count). The summed E-state index contributed by atoms with van der Waals surface area (Å²) in [5.74, 6) is 1.32. The minimum Gasteiger partial charge on any atom is -0.496 e. The summed E-state index contributed by atoms with van der Waals surface area (Å²) >= 11 is 9.93. The fourth-order valence-corrected chi connectivity index (χ4v) is 5.13. The zero-order chi connectivity index (χ0) is 25.4. The lowest BCUT2D eigenvalue weighted by molar-refractivity contribution is 0.414. The lowest BCUT2D eigenvalue weighted by Gasteiger charge is -2.23. The van der Waals surface area contributed by atoms with Gasteiger partial charge in [0, 0.05) is 32.4 Å². The largest absolute Gasteiger partial charge is 0.496 e. The van der Waals surface area contributed by atoms with Crippen molar-refractivity contribution >= 4 is 50.1 Å². The third kappa shape index (κ3) is 4.59. The van der Waals surface area contributed by atoms with Gasteiger partial charge in [-0.15, -0.1) is 0 Å². The van der Waals surface area contributed by atoms with Gasteiger partial charge in [0.1, 0.15) is 5.75 Å². The number of methoxy groups -OCH3 is 1. The number of aromatic nitrogens is 2. The standard InChI is InChI=1S/C30H22BrClN4O/c1-37-28-10-6-5-9-23(28)26-18-27(19-11-13-21(31)14-12-19)36(35-26)30-33-25-16-15-22(32)17-24(25)29(34-30)20-7-3-2-4-8-20/h2-17,27H,18H2,1H3/t27-/m1/s1. The van der Waals surface area contributed by atoms with Crippen molar-refractivity contribution in [1.29, 1.82) is 0 Å². The molecule has 7 heteroatoms. The normalized spacial score (nSPS) is 15.2. The van der Waals surface area contributed by atoms with Gasteiger partial charge in [-0.05, 0) is 48.0 Å². The topological polar surface area (TPSA) is 50.6 Å². The third-order valence-corrected chi connectivity index (χ3v) is 7.24. The van der Waals surface area contributed by atoms with Crippen LogP contribution in [0.5, 0.6) is 5.75 Å². The SMILES string of the molecule is COc1ccccc1C1=NN(c2nc(-c3ccccc3)c3cc(Cl)ccc3n2)[C@@H](c2ccc(Br)cc2)C1. The molecule has 2 heterocycles. The Hall–Kier alpha value is -3.74. The molecule has 0 aliphatic carbocycles. The maximum absolute atomic E-state index is 6.37. The van der Waals surface area contributed by atoms with Crippen LogP contribution in [-0.4, -0.2) is 22.8 Å². The predicted octanol–water partition coefficient (Wildman–Crippen LogP) is 8.08. The van der Waals surface area contributed by atoms with Gasteiger partial charge in [0.2, 0.25) is 5.95 Å². The van der Waals surface area contributed by atoms with Crippen molar-refractivity contribution in [3.05, 3.63) is 118 Å². The molecule has 1 atom stereocenters. The second kappa shape index (κ2) is 9.96. The quantitative estimate of drug-likeness (QED) is 0.215. The average Bonchev–Trinajstić information content (AvgIpc) is 3.39.